The number of halogens is 1. The fourth-order valence-electron chi connectivity index (χ4n) is 5.50. The zero-order chi connectivity index (χ0) is 25.6. The van der Waals surface area contributed by atoms with Crippen LogP contribution in [-0.2, 0) is 19.9 Å². The molecule has 1 aromatic carbocycles. The van der Waals surface area contributed by atoms with Crippen LogP contribution < -0.4 is 10.4 Å². The summed E-state index contributed by atoms with van der Waals surface area (Å²) in [5.74, 6) is -1.14. The molecule has 0 spiro atoms. The molecule has 1 unspecified atom stereocenters. The topological polar surface area (TPSA) is 91.4 Å². The molecular weight excluding hydrogens is 534 g/mol. The Morgan fingerprint density at radius 3 is 2.49 bits per heavy atom. The number of aromatic nitrogens is 1. The summed E-state index contributed by atoms with van der Waals surface area (Å²) in [5, 5.41) is 20.9. The third-order valence-corrected chi connectivity index (χ3v) is 10.3. The zero-order valence-electron chi connectivity index (χ0n) is 19.7. The predicted molar refractivity (Wildman–Crippen MR) is 140 cm³/mol. The number of carbonyl (C=O) groups excluding carboxylic acids is 2. The van der Waals surface area contributed by atoms with Crippen LogP contribution in [0.3, 0.4) is 0 Å². The van der Waals surface area contributed by atoms with E-state index in [1.54, 1.807) is 41.1 Å². The van der Waals surface area contributed by atoms with Crippen LogP contribution in [0, 0.1) is 11.7 Å². The SMILES string of the molecule is O=C(C[N+]12CCC(CC1)C(OC(=O)C([O-])(c1cccs1)c1cccs1)C2)Nc1nc2cc(F)ccc2s1. The largest absolute Gasteiger partial charge is 0.833 e. The van der Waals surface area contributed by atoms with Gasteiger partial charge >= 0.3 is 5.97 Å². The highest BCUT2D eigenvalue weighted by Crippen LogP contribution is 2.39. The molecule has 192 valence electrons. The molecule has 3 saturated heterocycles. The first-order valence-corrected chi connectivity index (χ1v) is 14.6. The van der Waals surface area contributed by atoms with E-state index < -0.39 is 17.7 Å². The summed E-state index contributed by atoms with van der Waals surface area (Å²) >= 11 is 3.81. The van der Waals surface area contributed by atoms with Gasteiger partial charge in [-0.05, 0) is 35.0 Å². The molecule has 7 nitrogen and oxygen atoms in total. The van der Waals surface area contributed by atoms with Gasteiger partial charge in [0, 0.05) is 34.6 Å². The maximum atomic E-state index is 14.0. The number of esters is 1. The third-order valence-electron chi connectivity index (χ3n) is 7.40. The normalized spacial score (nSPS) is 23.3. The van der Waals surface area contributed by atoms with Crippen LogP contribution in [0.15, 0.2) is 53.2 Å². The minimum atomic E-state index is -2.09. The molecule has 3 aromatic heterocycles. The number of anilines is 1. The number of piperidine rings is 3. The summed E-state index contributed by atoms with van der Waals surface area (Å²) in [5.41, 5.74) is -1.58. The lowest BCUT2D eigenvalue weighted by Crippen LogP contribution is -2.66. The number of nitrogens with one attached hydrogen (secondary N) is 1. The fraction of sp³-hybridized carbons (Fsp3) is 0.346. The fourth-order valence-corrected chi connectivity index (χ4v) is 8.06. The smallest absolute Gasteiger partial charge is 0.306 e. The number of hydrogen-bond donors (Lipinski definition) is 1. The zero-order valence-corrected chi connectivity index (χ0v) is 22.2. The van der Waals surface area contributed by atoms with Gasteiger partial charge < -0.3 is 14.3 Å². The Morgan fingerprint density at radius 1 is 1.14 bits per heavy atom. The van der Waals surface area contributed by atoms with Gasteiger partial charge in [-0.1, -0.05) is 23.5 Å². The molecule has 3 aliphatic heterocycles. The Bertz CT molecular complexity index is 1390. The molecule has 2 bridgehead atoms. The van der Waals surface area contributed by atoms with E-state index >= 15 is 0 Å². The molecule has 0 saturated carbocycles. The van der Waals surface area contributed by atoms with Crippen molar-refractivity contribution in [3.63, 3.8) is 0 Å². The first-order valence-electron chi connectivity index (χ1n) is 12.1. The van der Waals surface area contributed by atoms with E-state index in [2.05, 4.69) is 10.3 Å². The lowest BCUT2D eigenvalue weighted by atomic mass is 9.83. The molecule has 6 heterocycles. The molecule has 1 N–H and O–H groups in total. The van der Waals surface area contributed by atoms with Crippen LogP contribution in [0.25, 0.3) is 10.2 Å². The summed E-state index contributed by atoms with van der Waals surface area (Å²) in [6.07, 6.45) is 1.24. The summed E-state index contributed by atoms with van der Waals surface area (Å²) < 4.78 is 20.8. The monoisotopic (exact) mass is 557 g/mol. The molecule has 0 radical (unpaired) electrons. The van der Waals surface area contributed by atoms with Crippen molar-refractivity contribution in [2.24, 2.45) is 5.92 Å². The van der Waals surface area contributed by atoms with Crippen LogP contribution in [-0.4, -0.2) is 53.6 Å². The second kappa shape index (κ2) is 9.55. The number of nitrogens with zero attached hydrogens (tertiary/aromatic N) is 2. The van der Waals surface area contributed by atoms with Gasteiger partial charge in [0.1, 0.15) is 12.4 Å². The molecule has 7 rings (SSSR count). The number of quaternary nitrogens is 1. The maximum Gasteiger partial charge on any atom is 0.306 e. The Kier molecular flexibility index (Phi) is 6.36. The van der Waals surface area contributed by atoms with E-state index in [0.717, 1.165) is 30.6 Å². The summed E-state index contributed by atoms with van der Waals surface area (Å²) in [4.78, 5) is 31.6. The van der Waals surface area contributed by atoms with Gasteiger partial charge in [0.2, 0.25) is 0 Å². The highest BCUT2D eigenvalue weighted by molar-refractivity contribution is 7.22. The predicted octanol–water partition coefficient (Wildman–Crippen LogP) is 3.95. The second-order valence-corrected chi connectivity index (χ2v) is 12.7. The van der Waals surface area contributed by atoms with E-state index in [4.69, 9.17) is 4.74 Å². The highest BCUT2D eigenvalue weighted by Gasteiger charge is 2.49. The van der Waals surface area contributed by atoms with Gasteiger partial charge in [0.15, 0.2) is 17.8 Å². The molecular formula is C26H24FN3O4S3. The quantitative estimate of drug-likeness (QED) is 0.275. The van der Waals surface area contributed by atoms with Gasteiger partial charge in [0.25, 0.3) is 5.91 Å². The number of hydrogen-bond acceptors (Lipinski definition) is 8. The number of thiophene rings is 2. The Hall–Kier alpha value is -2.70. The van der Waals surface area contributed by atoms with Crippen LogP contribution in [0.1, 0.15) is 22.6 Å². The van der Waals surface area contributed by atoms with E-state index in [1.165, 1.54) is 46.1 Å². The Balaban J connectivity index is 1.16. The molecule has 3 aliphatic rings. The van der Waals surface area contributed by atoms with E-state index in [0.29, 0.717) is 31.4 Å². The lowest BCUT2D eigenvalue weighted by molar-refractivity contribution is -0.939. The van der Waals surface area contributed by atoms with Gasteiger partial charge in [-0.25, -0.2) is 9.37 Å². The van der Waals surface area contributed by atoms with Gasteiger partial charge in [0.05, 0.1) is 28.9 Å². The Labute approximate surface area is 224 Å². The number of benzene rings is 1. The third kappa shape index (κ3) is 4.59. The Morgan fingerprint density at radius 2 is 1.84 bits per heavy atom. The average molecular weight is 558 g/mol. The number of carbonyl (C=O) groups is 2. The lowest BCUT2D eigenvalue weighted by Gasteiger charge is -2.52. The minimum absolute atomic E-state index is 0.180. The van der Waals surface area contributed by atoms with Crippen molar-refractivity contribution >= 4 is 61.2 Å². The van der Waals surface area contributed by atoms with E-state index in [-0.39, 0.29) is 24.2 Å². The van der Waals surface area contributed by atoms with Gasteiger partial charge in [-0.2, -0.15) is 0 Å². The van der Waals surface area contributed by atoms with Crippen LogP contribution in [0.2, 0.25) is 0 Å². The minimum Gasteiger partial charge on any atom is -0.833 e. The number of thiazole rings is 1. The molecule has 1 atom stereocenters. The molecule has 4 aromatic rings. The van der Waals surface area contributed by atoms with Gasteiger partial charge in [-0.15, -0.1) is 22.7 Å². The maximum absolute atomic E-state index is 14.0. The van der Waals surface area contributed by atoms with Crippen LogP contribution >= 0.6 is 34.0 Å². The molecule has 11 heteroatoms. The summed E-state index contributed by atoms with van der Waals surface area (Å²) in [6.45, 7) is 2.36. The highest BCUT2D eigenvalue weighted by atomic mass is 32.1. The van der Waals surface area contributed by atoms with Gasteiger partial charge in [-0.3, -0.25) is 14.9 Å². The number of ether oxygens (including phenoxy) is 1. The van der Waals surface area contributed by atoms with Crippen molar-refractivity contribution in [1.82, 2.24) is 4.98 Å². The standard InChI is InChI=1S/C26H24FN3O4S3/c27-17-5-6-20-18(13-17)28-25(37-20)29-23(31)15-30-9-7-16(8-10-30)19(14-30)34-24(32)26(33,21-3-1-11-35-21)22-4-2-12-36-22/h1-6,11-13,16,19H,7-10,14-15H2,(H,28,29,31). The first-order chi connectivity index (χ1) is 17.8. The average Bonchev–Trinajstić information content (AvgIpc) is 3.65. The number of fused-ring (bicyclic) bond motifs is 4. The van der Waals surface area contributed by atoms with Crippen molar-refractivity contribution in [1.29, 1.82) is 0 Å². The van der Waals surface area contributed by atoms with Crippen LogP contribution in [0.4, 0.5) is 9.52 Å². The molecule has 0 aliphatic carbocycles. The van der Waals surface area contributed by atoms with Crippen molar-refractivity contribution < 1.29 is 28.3 Å². The molecule has 1 amide bonds. The van der Waals surface area contributed by atoms with Crippen molar-refractivity contribution in [3.05, 3.63) is 68.8 Å². The second-order valence-electron chi connectivity index (χ2n) is 9.73. The van der Waals surface area contributed by atoms with E-state index in [9.17, 15) is 19.1 Å². The van der Waals surface area contributed by atoms with Crippen molar-refractivity contribution in [2.75, 3.05) is 31.5 Å². The number of amides is 1. The summed E-state index contributed by atoms with van der Waals surface area (Å²) in [7, 11) is 0. The van der Waals surface area contributed by atoms with Crippen molar-refractivity contribution in [3.8, 4) is 0 Å². The first kappa shape index (κ1) is 24.6. The van der Waals surface area contributed by atoms with Crippen LogP contribution in [0.5, 0.6) is 0 Å². The van der Waals surface area contributed by atoms with Crippen molar-refractivity contribution in [2.45, 2.75) is 24.5 Å². The van der Waals surface area contributed by atoms with E-state index in [1.807, 2.05) is 0 Å². The molecule has 37 heavy (non-hydrogen) atoms. The molecule has 3 fully saturated rings. The number of rotatable bonds is 7. The summed E-state index contributed by atoms with van der Waals surface area (Å²) in [6, 6.07) is 11.3.